The molecule has 0 spiro atoms. The Labute approximate surface area is 147 Å². The van der Waals surface area contributed by atoms with Gasteiger partial charge in [0.25, 0.3) is 0 Å². The molecule has 0 saturated carbocycles. The van der Waals surface area contributed by atoms with Gasteiger partial charge in [-0.2, -0.15) is 13.2 Å². The van der Waals surface area contributed by atoms with Crippen molar-refractivity contribution in [1.29, 1.82) is 0 Å². The molecule has 0 aromatic heterocycles. The third kappa shape index (κ3) is 4.96. The molecule has 0 N–H and O–H groups in total. The molecule has 3 nitrogen and oxygen atoms in total. The summed E-state index contributed by atoms with van der Waals surface area (Å²) in [6, 6.07) is 6.27. The summed E-state index contributed by atoms with van der Waals surface area (Å²) in [6.45, 7) is 8.46. The van der Waals surface area contributed by atoms with Crippen LogP contribution >= 0.6 is 0 Å². The highest BCUT2D eigenvalue weighted by atomic mass is 19.4. The minimum Gasteiger partial charge on any atom is -0.379 e. The number of piperidine rings is 1. The first kappa shape index (κ1) is 18.7. The fourth-order valence-electron chi connectivity index (χ4n) is 3.98. The monoisotopic (exact) mass is 356 g/mol. The average molecular weight is 356 g/mol. The lowest BCUT2D eigenvalue weighted by atomic mass is 9.89. The van der Waals surface area contributed by atoms with Crippen LogP contribution in [0.3, 0.4) is 0 Å². The van der Waals surface area contributed by atoms with Gasteiger partial charge in [-0.1, -0.05) is 18.2 Å². The zero-order valence-electron chi connectivity index (χ0n) is 14.8. The maximum atomic E-state index is 12.8. The third-order valence-corrected chi connectivity index (χ3v) is 5.60. The molecule has 0 unspecified atom stereocenters. The van der Waals surface area contributed by atoms with Crippen molar-refractivity contribution in [1.82, 2.24) is 9.80 Å². The maximum Gasteiger partial charge on any atom is 0.416 e. The number of hydrogen-bond donors (Lipinski definition) is 0. The van der Waals surface area contributed by atoms with Crippen LogP contribution in [0.25, 0.3) is 0 Å². The molecule has 2 aliphatic heterocycles. The molecule has 2 saturated heterocycles. The average Bonchev–Trinajstić information content (AvgIpc) is 2.62. The number of likely N-dealkylation sites (tertiary alicyclic amines) is 1. The van der Waals surface area contributed by atoms with Gasteiger partial charge in [-0.05, 0) is 50.4 Å². The molecule has 2 aliphatic rings. The van der Waals surface area contributed by atoms with Crippen LogP contribution < -0.4 is 0 Å². The second kappa shape index (κ2) is 8.06. The zero-order valence-corrected chi connectivity index (χ0v) is 14.8. The molecule has 25 heavy (non-hydrogen) atoms. The number of halogens is 3. The van der Waals surface area contributed by atoms with E-state index in [1.165, 1.54) is 12.1 Å². The predicted octanol–water partition coefficient (Wildman–Crippen LogP) is 3.64. The van der Waals surface area contributed by atoms with Crippen molar-refractivity contribution in [3.05, 3.63) is 35.4 Å². The van der Waals surface area contributed by atoms with Crippen molar-refractivity contribution in [2.75, 3.05) is 39.4 Å². The van der Waals surface area contributed by atoms with E-state index in [0.717, 1.165) is 63.9 Å². The van der Waals surface area contributed by atoms with Crippen LogP contribution in [0, 0.1) is 5.92 Å². The van der Waals surface area contributed by atoms with Crippen LogP contribution in [-0.2, 0) is 17.5 Å². The molecular formula is C19H27F3N2O. The van der Waals surface area contributed by atoms with Crippen LogP contribution in [-0.4, -0.2) is 55.2 Å². The Morgan fingerprint density at radius 1 is 1.12 bits per heavy atom. The lowest BCUT2D eigenvalue weighted by Crippen LogP contribution is -2.48. The van der Waals surface area contributed by atoms with Gasteiger partial charge in [0.1, 0.15) is 0 Å². The van der Waals surface area contributed by atoms with Gasteiger partial charge in [-0.15, -0.1) is 0 Å². The molecule has 1 aromatic carbocycles. The maximum absolute atomic E-state index is 12.8. The lowest BCUT2D eigenvalue weighted by molar-refractivity contribution is -0.137. The number of alkyl halides is 3. The summed E-state index contributed by atoms with van der Waals surface area (Å²) in [4.78, 5) is 4.79. The fourth-order valence-corrected chi connectivity index (χ4v) is 3.98. The Balaban J connectivity index is 1.51. The fraction of sp³-hybridized carbons (Fsp3) is 0.684. The Morgan fingerprint density at radius 2 is 1.80 bits per heavy atom. The first-order valence-electron chi connectivity index (χ1n) is 9.14. The molecule has 6 heteroatoms. The van der Waals surface area contributed by atoms with Gasteiger partial charge in [0, 0.05) is 25.7 Å². The summed E-state index contributed by atoms with van der Waals surface area (Å²) in [7, 11) is 0. The summed E-state index contributed by atoms with van der Waals surface area (Å²) < 4.78 is 43.9. The van der Waals surface area contributed by atoms with Crippen molar-refractivity contribution in [3.8, 4) is 0 Å². The molecule has 2 fully saturated rings. The van der Waals surface area contributed by atoms with E-state index in [1.807, 2.05) is 0 Å². The molecule has 0 aliphatic carbocycles. The van der Waals surface area contributed by atoms with Gasteiger partial charge in [0.05, 0.1) is 18.8 Å². The standard InChI is InChI=1S/C19H27F3N2O/c1-15(24-9-11-25-12-10-24)17-5-7-23(8-6-17)14-16-3-2-4-18(13-16)19(20,21)22/h2-4,13,15,17H,5-12,14H2,1H3/t15-/m0/s1. The molecule has 3 rings (SSSR count). The molecule has 0 bridgehead atoms. The Morgan fingerprint density at radius 3 is 2.44 bits per heavy atom. The van der Waals surface area contributed by atoms with E-state index in [0.29, 0.717) is 18.5 Å². The number of benzene rings is 1. The highest BCUT2D eigenvalue weighted by Crippen LogP contribution is 2.30. The Bertz CT molecular complexity index is 550. The number of morpholine rings is 1. The summed E-state index contributed by atoms with van der Waals surface area (Å²) in [5.74, 6) is 0.663. The molecule has 0 radical (unpaired) electrons. The lowest BCUT2D eigenvalue weighted by Gasteiger charge is -2.41. The quantitative estimate of drug-likeness (QED) is 0.819. The summed E-state index contributed by atoms with van der Waals surface area (Å²) in [6.07, 6.45) is -2.05. The van der Waals surface area contributed by atoms with E-state index in [4.69, 9.17) is 4.74 Å². The van der Waals surface area contributed by atoms with Crippen molar-refractivity contribution in [2.45, 2.75) is 38.5 Å². The van der Waals surface area contributed by atoms with Gasteiger partial charge < -0.3 is 4.74 Å². The van der Waals surface area contributed by atoms with Crippen molar-refractivity contribution in [3.63, 3.8) is 0 Å². The molecule has 140 valence electrons. The summed E-state index contributed by atoms with van der Waals surface area (Å²) in [5, 5.41) is 0. The molecule has 0 amide bonds. The van der Waals surface area contributed by atoms with Crippen LogP contribution in [0.15, 0.2) is 24.3 Å². The minimum absolute atomic E-state index is 0.555. The third-order valence-electron chi connectivity index (χ3n) is 5.60. The van der Waals surface area contributed by atoms with Gasteiger partial charge in [-0.25, -0.2) is 0 Å². The van der Waals surface area contributed by atoms with Crippen LogP contribution in [0.1, 0.15) is 30.9 Å². The topological polar surface area (TPSA) is 15.7 Å². The van der Waals surface area contributed by atoms with Crippen LogP contribution in [0.2, 0.25) is 0 Å². The molecule has 1 atom stereocenters. The van der Waals surface area contributed by atoms with E-state index >= 15 is 0 Å². The number of nitrogens with zero attached hydrogens (tertiary/aromatic N) is 2. The number of hydrogen-bond acceptors (Lipinski definition) is 3. The SMILES string of the molecule is C[C@@H](C1CCN(Cc2cccc(C(F)(F)F)c2)CC1)N1CCOCC1. The van der Waals surface area contributed by atoms with Crippen molar-refractivity contribution >= 4 is 0 Å². The minimum atomic E-state index is -4.27. The van der Waals surface area contributed by atoms with Gasteiger partial charge in [0.2, 0.25) is 0 Å². The van der Waals surface area contributed by atoms with Gasteiger partial charge in [-0.3, -0.25) is 9.80 Å². The van der Waals surface area contributed by atoms with Crippen LogP contribution in [0.4, 0.5) is 13.2 Å². The summed E-state index contributed by atoms with van der Waals surface area (Å²) in [5.41, 5.74) is 0.190. The first-order valence-corrected chi connectivity index (χ1v) is 9.14. The largest absolute Gasteiger partial charge is 0.416 e. The van der Waals surface area contributed by atoms with Crippen molar-refractivity contribution in [2.24, 2.45) is 5.92 Å². The van der Waals surface area contributed by atoms with Gasteiger partial charge >= 0.3 is 6.18 Å². The second-order valence-electron chi connectivity index (χ2n) is 7.20. The highest BCUT2D eigenvalue weighted by Gasteiger charge is 2.31. The second-order valence-corrected chi connectivity index (χ2v) is 7.20. The predicted molar refractivity (Wildman–Crippen MR) is 91.3 cm³/mol. The van der Waals surface area contributed by atoms with E-state index in [-0.39, 0.29) is 0 Å². The normalized spacial score (nSPS) is 22.9. The molecule has 1 aromatic rings. The smallest absolute Gasteiger partial charge is 0.379 e. The highest BCUT2D eigenvalue weighted by molar-refractivity contribution is 5.25. The Hall–Kier alpha value is -1.11. The van der Waals surface area contributed by atoms with E-state index in [9.17, 15) is 13.2 Å². The summed E-state index contributed by atoms with van der Waals surface area (Å²) >= 11 is 0. The molecular weight excluding hydrogens is 329 g/mol. The number of ether oxygens (including phenoxy) is 1. The molecule has 2 heterocycles. The number of rotatable bonds is 4. The van der Waals surface area contributed by atoms with Crippen LogP contribution in [0.5, 0.6) is 0 Å². The first-order chi connectivity index (χ1) is 11.9. The van der Waals surface area contributed by atoms with E-state index in [2.05, 4.69) is 16.7 Å². The van der Waals surface area contributed by atoms with Crippen molar-refractivity contribution < 1.29 is 17.9 Å². The van der Waals surface area contributed by atoms with E-state index in [1.54, 1.807) is 6.07 Å². The zero-order chi connectivity index (χ0) is 17.9. The van der Waals surface area contributed by atoms with Gasteiger partial charge in [0.15, 0.2) is 0 Å². The Kier molecular flexibility index (Phi) is 6.02. The van der Waals surface area contributed by atoms with E-state index < -0.39 is 11.7 Å².